The highest BCUT2D eigenvalue weighted by atomic mass is 32.1. The van der Waals surface area contributed by atoms with Gasteiger partial charge >= 0.3 is 0 Å². The van der Waals surface area contributed by atoms with Crippen molar-refractivity contribution in [2.24, 2.45) is 11.7 Å². The molecule has 1 aromatic heterocycles. The molecule has 0 amide bonds. The van der Waals surface area contributed by atoms with E-state index in [4.69, 9.17) is 18.0 Å². The number of rotatable bonds is 4. The normalized spacial score (nSPS) is 21.3. The highest BCUT2D eigenvalue weighted by Crippen LogP contribution is 2.16. The summed E-state index contributed by atoms with van der Waals surface area (Å²) in [7, 11) is 0. The summed E-state index contributed by atoms with van der Waals surface area (Å²) < 4.78 is 0. The van der Waals surface area contributed by atoms with Gasteiger partial charge in [-0.1, -0.05) is 12.2 Å². The number of thiocarbonyl (C=S) groups is 1. The van der Waals surface area contributed by atoms with E-state index in [1.165, 1.54) is 18.5 Å². The van der Waals surface area contributed by atoms with E-state index < -0.39 is 0 Å². The van der Waals surface area contributed by atoms with Gasteiger partial charge in [0.1, 0.15) is 0 Å². The molecule has 2 rings (SSSR count). The molecule has 17 heavy (non-hydrogen) atoms. The Labute approximate surface area is 108 Å². The predicted octanol–water partition coefficient (Wildman–Crippen LogP) is 1.62. The molecule has 1 atom stereocenters. The quantitative estimate of drug-likeness (QED) is 0.824. The zero-order chi connectivity index (χ0) is 12.1. The molecule has 1 fully saturated rings. The van der Waals surface area contributed by atoms with Crippen LogP contribution in [0.15, 0.2) is 24.5 Å². The Kier molecular flexibility index (Phi) is 4.45. The summed E-state index contributed by atoms with van der Waals surface area (Å²) in [4.78, 5) is 7.17. The molecule has 0 radical (unpaired) electrons. The van der Waals surface area contributed by atoms with E-state index in [9.17, 15) is 0 Å². The summed E-state index contributed by atoms with van der Waals surface area (Å²) in [5.74, 6) is 0.413. The van der Waals surface area contributed by atoms with Gasteiger partial charge in [-0.3, -0.25) is 4.98 Å². The SMILES string of the molecule is NC(=S)C1CCCN(CCc2ccncc2)C1. The number of aromatic nitrogens is 1. The van der Waals surface area contributed by atoms with Gasteiger partial charge in [0.05, 0.1) is 4.99 Å². The van der Waals surface area contributed by atoms with Gasteiger partial charge in [0, 0.05) is 31.4 Å². The van der Waals surface area contributed by atoms with Gasteiger partial charge in [0.15, 0.2) is 0 Å². The lowest BCUT2D eigenvalue weighted by Gasteiger charge is -2.32. The monoisotopic (exact) mass is 249 g/mol. The van der Waals surface area contributed by atoms with Crippen LogP contribution in [0.3, 0.4) is 0 Å². The van der Waals surface area contributed by atoms with Gasteiger partial charge in [0.25, 0.3) is 0 Å². The topological polar surface area (TPSA) is 42.1 Å². The standard InChI is InChI=1S/C13H19N3S/c14-13(17)12-2-1-8-16(10-12)9-5-11-3-6-15-7-4-11/h3-4,6-7,12H,1-2,5,8-10H2,(H2,14,17). The van der Waals surface area contributed by atoms with Gasteiger partial charge in [-0.15, -0.1) is 0 Å². The lowest BCUT2D eigenvalue weighted by atomic mass is 9.98. The van der Waals surface area contributed by atoms with Gasteiger partial charge in [-0.25, -0.2) is 0 Å². The first-order valence-corrected chi connectivity index (χ1v) is 6.57. The molecule has 0 aromatic carbocycles. The molecule has 0 saturated carbocycles. The summed E-state index contributed by atoms with van der Waals surface area (Å²) in [5.41, 5.74) is 7.08. The summed E-state index contributed by atoms with van der Waals surface area (Å²) in [5, 5.41) is 0. The van der Waals surface area contributed by atoms with Crippen LogP contribution >= 0.6 is 12.2 Å². The minimum absolute atomic E-state index is 0.413. The molecular weight excluding hydrogens is 230 g/mol. The number of hydrogen-bond donors (Lipinski definition) is 1. The Balaban J connectivity index is 1.81. The van der Waals surface area contributed by atoms with Crippen molar-refractivity contribution < 1.29 is 0 Å². The van der Waals surface area contributed by atoms with E-state index in [2.05, 4.69) is 22.0 Å². The molecule has 0 spiro atoms. The zero-order valence-electron chi connectivity index (χ0n) is 10.0. The highest BCUT2D eigenvalue weighted by Gasteiger charge is 2.21. The van der Waals surface area contributed by atoms with Crippen LogP contribution < -0.4 is 5.73 Å². The lowest BCUT2D eigenvalue weighted by Crippen LogP contribution is -2.41. The molecule has 4 heteroatoms. The molecule has 1 aliphatic heterocycles. The third-order valence-electron chi connectivity index (χ3n) is 3.37. The second kappa shape index (κ2) is 6.07. The van der Waals surface area contributed by atoms with Gasteiger partial charge in [-0.05, 0) is 43.5 Å². The number of nitrogens with zero attached hydrogens (tertiary/aromatic N) is 2. The van der Waals surface area contributed by atoms with Crippen molar-refractivity contribution >= 4 is 17.2 Å². The van der Waals surface area contributed by atoms with E-state index in [0.29, 0.717) is 10.9 Å². The molecule has 1 aliphatic rings. The average Bonchev–Trinajstić information content (AvgIpc) is 2.38. The van der Waals surface area contributed by atoms with Crippen LogP contribution in [0, 0.1) is 5.92 Å². The number of hydrogen-bond acceptors (Lipinski definition) is 3. The third kappa shape index (κ3) is 3.75. The van der Waals surface area contributed by atoms with Crippen molar-refractivity contribution in [3.8, 4) is 0 Å². The van der Waals surface area contributed by atoms with Gasteiger partial charge in [-0.2, -0.15) is 0 Å². The molecule has 0 aliphatic carbocycles. The molecule has 2 heterocycles. The third-order valence-corrected chi connectivity index (χ3v) is 3.71. The molecule has 1 unspecified atom stereocenters. The second-order valence-electron chi connectivity index (χ2n) is 4.65. The first-order chi connectivity index (χ1) is 8.25. The van der Waals surface area contributed by atoms with Crippen LogP contribution in [0.4, 0.5) is 0 Å². The minimum Gasteiger partial charge on any atom is -0.393 e. The molecule has 1 saturated heterocycles. The van der Waals surface area contributed by atoms with Crippen LogP contribution in [0.1, 0.15) is 18.4 Å². The number of piperidine rings is 1. The smallest absolute Gasteiger partial charge is 0.0771 e. The maximum Gasteiger partial charge on any atom is 0.0771 e. The number of pyridine rings is 1. The van der Waals surface area contributed by atoms with Crippen molar-refractivity contribution in [3.05, 3.63) is 30.1 Å². The van der Waals surface area contributed by atoms with Crippen molar-refractivity contribution in [1.29, 1.82) is 0 Å². The Morgan fingerprint density at radius 3 is 2.94 bits per heavy atom. The van der Waals surface area contributed by atoms with Crippen LogP contribution in [0.25, 0.3) is 0 Å². The van der Waals surface area contributed by atoms with Gasteiger partial charge in [0.2, 0.25) is 0 Å². The number of nitrogens with two attached hydrogens (primary N) is 1. The van der Waals surface area contributed by atoms with E-state index >= 15 is 0 Å². The predicted molar refractivity (Wildman–Crippen MR) is 73.9 cm³/mol. The molecule has 1 aromatic rings. The largest absolute Gasteiger partial charge is 0.393 e. The Morgan fingerprint density at radius 2 is 2.24 bits per heavy atom. The maximum absolute atomic E-state index is 5.73. The molecular formula is C13H19N3S. The molecule has 92 valence electrons. The molecule has 0 bridgehead atoms. The Hall–Kier alpha value is -1.00. The first-order valence-electron chi connectivity index (χ1n) is 6.16. The van der Waals surface area contributed by atoms with E-state index in [1.807, 2.05) is 12.4 Å². The number of likely N-dealkylation sites (tertiary alicyclic amines) is 1. The van der Waals surface area contributed by atoms with Crippen LogP contribution in [0.5, 0.6) is 0 Å². The molecule has 3 nitrogen and oxygen atoms in total. The summed E-state index contributed by atoms with van der Waals surface area (Å²) in [6.45, 7) is 3.29. The summed E-state index contributed by atoms with van der Waals surface area (Å²) in [6, 6.07) is 4.16. The minimum atomic E-state index is 0.413. The average molecular weight is 249 g/mol. The van der Waals surface area contributed by atoms with Gasteiger partial charge < -0.3 is 10.6 Å². The fourth-order valence-electron chi connectivity index (χ4n) is 2.33. The highest BCUT2D eigenvalue weighted by molar-refractivity contribution is 7.80. The Morgan fingerprint density at radius 1 is 1.47 bits per heavy atom. The van der Waals surface area contributed by atoms with Crippen LogP contribution in [0.2, 0.25) is 0 Å². The lowest BCUT2D eigenvalue weighted by molar-refractivity contribution is 0.207. The fraction of sp³-hybridized carbons (Fsp3) is 0.538. The van der Waals surface area contributed by atoms with Crippen molar-refractivity contribution in [3.63, 3.8) is 0 Å². The fourth-order valence-corrected chi connectivity index (χ4v) is 2.52. The summed E-state index contributed by atoms with van der Waals surface area (Å²) in [6.07, 6.45) is 7.14. The van der Waals surface area contributed by atoms with E-state index in [1.54, 1.807) is 0 Å². The van der Waals surface area contributed by atoms with Crippen LogP contribution in [-0.4, -0.2) is 34.5 Å². The Bertz CT molecular complexity index is 366. The molecule has 2 N–H and O–H groups in total. The van der Waals surface area contributed by atoms with E-state index in [-0.39, 0.29) is 0 Å². The second-order valence-corrected chi connectivity index (χ2v) is 5.12. The van der Waals surface area contributed by atoms with Crippen molar-refractivity contribution in [1.82, 2.24) is 9.88 Å². The van der Waals surface area contributed by atoms with Crippen molar-refractivity contribution in [2.75, 3.05) is 19.6 Å². The first kappa shape index (κ1) is 12.5. The zero-order valence-corrected chi connectivity index (χ0v) is 10.8. The van der Waals surface area contributed by atoms with Crippen molar-refractivity contribution in [2.45, 2.75) is 19.3 Å². The van der Waals surface area contributed by atoms with Crippen LogP contribution in [-0.2, 0) is 6.42 Å². The maximum atomic E-state index is 5.73. The van der Waals surface area contributed by atoms with E-state index in [0.717, 1.165) is 25.9 Å². The summed E-state index contributed by atoms with van der Waals surface area (Å²) >= 11 is 5.09.